The van der Waals surface area contributed by atoms with Crippen molar-refractivity contribution < 1.29 is 18.4 Å². The summed E-state index contributed by atoms with van der Waals surface area (Å²) in [5.74, 6) is -2.19. The van der Waals surface area contributed by atoms with Gasteiger partial charge >= 0.3 is 0 Å². The van der Waals surface area contributed by atoms with Gasteiger partial charge in [0.15, 0.2) is 5.75 Å². The molecule has 0 radical (unpaired) electrons. The van der Waals surface area contributed by atoms with Crippen molar-refractivity contribution in [2.24, 2.45) is 0 Å². The third kappa shape index (κ3) is 2.75. The number of non-ortho nitro benzene ring substituents is 1. The first-order valence-corrected chi connectivity index (χ1v) is 8.52. The lowest BCUT2D eigenvalue weighted by molar-refractivity contribution is -0.384. The summed E-state index contributed by atoms with van der Waals surface area (Å²) < 4.78 is 32.6. The summed E-state index contributed by atoms with van der Waals surface area (Å²) in [5.41, 5.74) is 0.728. The van der Waals surface area contributed by atoms with Gasteiger partial charge in [-0.3, -0.25) is 10.1 Å². The summed E-state index contributed by atoms with van der Waals surface area (Å²) in [6.45, 7) is 0.459. The van der Waals surface area contributed by atoms with E-state index in [2.05, 4.69) is 5.32 Å². The number of nitrogens with zero attached hydrogens (tertiary/aromatic N) is 1. The highest BCUT2D eigenvalue weighted by Crippen LogP contribution is 2.58. The first kappa shape index (κ1) is 17.3. The van der Waals surface area contributed by atoms with Crippen LogP contribution in [-0.4, -0.2) is 17.4 Å². The van der Waals surface area contributed by atoms with Gasteiger partial charge in [0.2, 0.25) is 5.92 Å². The van der Waals surface area contributed by atoms with Gasteiger partial charge in [-0.2, -0.15) is 0 Å². The summed E-state index contributed by atoms with van der Waals surface area (Å²) in [4.78, 5) is 10.2. The lowest BCUT2D eigenvalue weighted by atomic mass is 9.63. The van der Waals surface area contributed by atoms with Gasteiger partial charge < -0.3 is 10.1 Å². The van der Waals surface area contributed by atoms with Crippen LogP contribution >= 0.6 is 23.2 Å². The second kappa shape index (κ2) is 5.69. The molecule has 2 aromatic carbocycles. The van der Waals surface area contributed by atoms with Crippen molar-refractivity contribution in [3.05, 3.63) is 56.1 Å². The predicted octanol–water partition coefficient (Wildman–Crippen LogP) is 5.79. The fraction of sp³-hybridized carbons (Fsp3) is 0.294. The molecule has 0 atom stereocenters. The molecule has 0 saturated heterocycles. The number of hydrogen-bond donors (Lipinski definition) is 1. The molecule has 0 unspecified atom stereocenters. The molecular weight excluding hydrogens is 389 g/mol. The molecule has 2 aliphatic rings. The molecule has 2 aromatic rings. The number of ether oxygens (including phenoxy) is 1. The number of halogens is 4. The monoisotopic (exact) mass is 400 g/mol. The SMILES string of the molecule is O=[N+]([O-])c1cc(Cl)c(Oc2ccc3c(c2)C2(CN3)CC(F)(F)C2)c(Cl)c1. The van der Waals surface area contributed by atoms with Crippen LogP contribution in [0, 0.1) is 10.1 Å². The van der Waals surface area contributed by atoms with Crippen molar-refractivity contribution in [2.75, 3.05) is 11.9 Å². The van der Waals surface area contributed by atoms with Crippen LogP contribution in [0.1, 0.15) is 18.4 Å². The maximum atomic E-state index is 13.4. The molecule has 0 bridgehead atoms. The summed E-state index contributed by atoms with van der Waals surface area (Å²) in [7, 11) is 0. The zero-order chi connectivity index (χ0) is 18.7. The molecule has 0 aromatic heterocycles. The van der Waals surface area contributed by atoms with Gasteiger partial charge in [0.25, 0.3) is 5.69 Å². The summed E-state index contributed by atoms with van der Waals surface area (Å²) in [5, 5.41) is 14.0. The van der Waals surface area contributed by atoms with Crippen LogP contribution < -0.4 is 10.1 Å². The van der Waals surface area contributed by atoms with Gasteiger partial charge in [-0.1, -0.05) is 23.2 Å². The first-order chi connectivity index (χ1) is 12.2. The van der Waals surface area contributed by atoms with Gasteiger partial charge in [0.05, 0.1) is 15.0 Å². The van der Waals surface area contributed by atoms with Gasteiger partial charge in [-0.25, -0.2) is 8.78 Å². The molecule has 1 N–H and O–H groups in total. The van der Waals surface area contributed by atoms with Crippen molar-refractivity contribution in [1.29, 1.82) is 0 Å². The van der Waals surface area contributed by atoms with Gasteiger partial charge in [0.1, 0.15) is 5.75 Å². The lowest BCUT2D eigenvalue weighted by Gasteiger charge is -2.44. The maximum absolute atomic E-state index is 13.4. The Labute approximate surface area is 157 Å². The van der Waals surface area contributed by atoms with Crippen LogP contribution in [0.4, 0.5) is 20.2 Å². The Morgan fingerprint density at radius 2 is 1.81 bits per heavy atom. The van der Waals surface area contributed by atoms with E-state index in [0.29, 0.717) is 12.3 Å². The van der Waals surface area contributed by atoms with Crippen LogP contribution in [0.2, 0.25) is 10.0 Å². The fourth-order valence-corrected chi connectivity index (χ4v) is 4.21. The van der Waals surface area contributed by atoms with Gasteiger partial charge in [-0.15, -0.1) is 0 Å². The fourth-order valence-electron chi connectivity index (χ4n) is 3.66. The van der Waals surface area contributed by atoms with Crippen LogP contribution in [0.15, 0.2) is 30.3 Å². The van der Waals surface area contributed by atoms with E-state index in [-0.39, 0.29) is 34.3 Å². The summed E-state index contributed by atoms with van der Waals surface area (Å²) >= 11 is 12.1. The Balaban J connectivity index is 1.65. The molecule has 1 aliphatic heterocycles. The molecule has 136 valence electrons. The van der Waals surface area contributed by atoms with Crippen molar-refractivity contribution in [3.8, 4) is 11.5 Å². The van der Waals surface area contributed by atoms with E-state index in [0.717, 1.165) is 23.4 Å². The highest BCUT2D eigenvalue weighted by atomic mass is 35.5. The van der Waals surface area contributed by atoms with E-state index in [1.165, 1.54) is 0 Å². The molecule has 4 rings (SSSR count). The number of nitro groups is 1. The van der Waals surface area contributed by atoms with E-state index < -0.39 is 16.3 Å². The second-order valence-electron chi connectivity index (χ2n) is 6.65. The highest BCUT2D eigenvalue weighted by Gasteiger charge is 2.59. The van der Waals surface area contributed by atoms with E-state index in [9.17, 15) is 18.9 Å². The van der Waals surface area contributed by atoms with E-state index in [4.69, 9.17) is 27.9 Å². The van der Waals surface area contributed by atoms with Crippen molar-refractivity contribution >= 4 is 34.6 Å². The Kier molecular flexibility index (Phi) is 3.79. The Morgan fingerprint density at radius 3 is 2.38 bits per heavy atom. The average Bonchev–Trinajstić information content (AvgIpc) is 2.88. The van der Waals surface area contributed by atoms with Crippen LogP contribution in [0.3, 0.4) is 0 Å². The predicted molar refractivity (Wildman–Crippen MR) is 94.0 cm³/mol. The maximum Gasteiger partial charge on any atom is 0.272 e. The van der Waals surface area contributed by atoms with E-state index in [1.807, 2.05) is 0 Å². The highest BCUT2D eigenvalue weighted by molar-refractivity contribution is 6.37. The second-order valence-corrected chi connectivity index (χ2v) is 7.46. The van der Waals surface area contributed by atoms with E-state index in [1.54, 1.807) is 18.2 Å². The van der Waals surface area contributed by atoms with Crippen LogP contribution in [-0.2, 0) is 5.41 Å². The molecular formula is C17H12Cl2F2N2O3. The summed E-state index contributed by atoms with van der Waals surface area (Å²) in [6.07, 6.45) is -0.412. The topological polar surface area (TPSA) is 64.4 Å². The largest absolute Gasteiger partial charge is 0.454 e. The minimum absolute atomic E-state index is 0.00675. The minimum atomic E-state index is -2.65. The number of hydrogen-bond acceptors (Lipinski definition) is 4. The molecule has 1 spiro atoms. The summed E-state index contributed by atoms with van der Waals surface area (Å²) in [6, 6.07) is 7.40. The molecule has 26 heavy (non-hydrogen) atoms. The van der Waals surface area contributed by atoms with Gasteiger partial charge in [-0.05, 0) is 23.8 Å². The number of rotatable bonds is 3. The minimum Gasteiger partial charge on any atom is -0.454 e. The van der Waals surface area contributed by atoms with Crippen LogP contribution in [0.25, 0.3) is 0 Å². The third-order valence-electron chi connectivity index (χ3n) is 4.79. The van der Waals surface area contributed by atoms with Crippen molar-refractivity contribution in [1.82, 2.24) is 0 Å². The molecule has 1 fully saturated rings. The normalized spacial score (nSPS) is 18.8. The van der Waals surface area contributed by atoms with E-state index >= 15 is 0 Å². The Bertz CT molecular complexity index is 905. The molecule has 1 heterocycles. The van der Waals surface area contributed by atoms with Crippen LogP contribution in [0.5, 0.6) is 11.5 Å². The number of fused-ring (bicyclic) bond motifs is 2. The number of nitro benzene ring substituents is 1. The number of anilines is 1. The zero-order valence-electron chi connectivity index (χ0n) is 13.2. The average molecular weight is 401 g/mol. The number of benzene rings is 2. The third-order valence-corrected chi connectivity index (χ3v) is 5.35. The number of alkyl halides is 2. The molecule has 1 saturated carbocycles. The lowest BCUT2D eigenvalue weighted by Crippen LogP contribution is -2.50. The van der Waals surface area contributed by atoms with Crippen molar-refractivity contribution in [2.45, 2.75) is 24.2 Å². The smallest absolute Gasteiger partial charge is 0.272 e. The Morgan fingerprint density at radius 1 is 1.15 bits per heavy atom. The molecule has 9 heteroatoms. The zero-order valence-corrected chi connectivity index (χ0v) is 14.7. The quantitative estimate of drug-likeness (QED) is 0.523. The standard InChI is InChI=1S/C17H12Cl2F2N2O3/c18-12-3-9(23(24)25)4-13(19)15(12)26-10-1-2-14-11(5-10)16(8-22-14)6-17(20,21)7-16/h1-5,22H,6-8H2. The van der Waals surface area contributed by atoms with Crippen molar-refractivity contribution in [3.63, 3.8) is 0 Å². The molecule has 0 amide bonds. The Hall–Kier alpha value is -2.12. The number of nitrogens with one attached hydrogen (secondary N) is 1. The first-order valence-electron chi connectivity index (χ1n) is 7.77. The van der Waals surface area contributed by atoms with Gasteiger partial charge in [0, 0.05) is 42.6 Å². The molecule has 1 aliphatic carbocycles. The molecule has 5 nitrogen and oxygen atoms in total.